The molecule has 1 aromatic carbocycles. The van der Waals surface area contributed by atoms with E-state index < -0.39 is 16.1 Å². The number of nitrogens with one attached hydrogen (secondary N) is 1. The summed E-state index contributed by atoms with van der Waals surface area (Å²) in [5.74, 6) is 1.30. The number of carbonyl (C=O) groups excluding carboxylic acids is 1. The Hall–Kier alpha value is -2.65. The van der Waals surface area contributed by atoms with Gasteiger partial charge < -0.3 is 9.30 Å². The molecule has 32 heavy (non-hydrogen) atoms. The molecule has 0 saturated carbocycles. The van der Waals surface area contributed by atoms with Crippen molar-refractivity contribution >= 4 is 27.5 Å². The SMILES string of the molecule is CCOC(=O)NS(=O)(=O)c1sc(CC(C)C)c(C)c1-c1ccc(Cn2ccnc2C)cc1. The van der Waals surface area contributed by atoms with Gasteiger partial charge in [-0.15, -0.1) is 11.3 Å². The molecule has 1 amide bonds. The Kier molecular flexibility index (Phi) is 7.40. The van der Waals surface area contributed by atoms with Crippen molar-refractivity contribution in [2.45, 2.75) is 51.8 Å². The Bertz CT molecular complexity index is 1190. The maximum Gasteiger partial charge on any atom is 0.421 e. The molecule has 0 spiro atoms. The number of sulfonamides is 1. The van der Waals surface area contributed by atoms with E-state index in [1.165, 1.54) is 11.3 Å². The monoisotopic (exact) mass is 475 g/mol. The lowest BCUT2D eigenvalue weighted by molar-refractivity contribution is 0.158. The van der Waals surface area contributed by atoms with E-state index in [4.69, 9.17) is 4.74 Å². The Morgan fingerprint density at radius 2 is 1.91 bits per heavy atom. The van der Waals surface area contributed by atoms with E-state index in [2.05, 4.69) is 18.8 Å². The highest BCUT2D eigenvalue weighted by Crippen LogP contribution is 2.40. The zero-order chi connectivity index (χ0) is 23.5. The summed E-state index contributed by atoms with van der Waals surface area (Å²) in [6.45, 7) is 10.5. The molecule has 0 fully saturated rings. The topological polar surface area (TPSA) is 90.3 Å². The minimum absolute atomic E-state index is 0.0914. The first-order chi connectivity index (χ1) is 15.1. The van der Waals surface area contributed by atoms with Gasteiger partial charge in [0.1, 0.15) is 10.0 Å². The summed E-state index contributed by atoms with van der Waals surface area (Å²) in [4.78, 5) is 17.1. The molecule has 9 heteroatoms. The van der Waals surface area contributed by atoms with Crippen LogP contribution >= 0.6 is 11.3 Å². The van der Waals surface area contributed by atoms with Gasteiger partial charge in [-0.25, -0.2) is 22.9 Å². The molecular formula is C23H29N3O4S2. The van der Waals surface area contributed by atoms with Crippen molar-refractivity contribution in [3.05, 3.63) is 58.5 Å². The Morgan fingerprint density at radius 3 is 2.47 bits per heavy atom. The van der Waals surface area contributed by atoms with Crippen molar-refractivity contribution in [3.8, 4) is 11.1 Å². The molecule has 1 N–H and O–H groups in total. The fraction of sp³-hybridized carbons (Fsp3) is 0.391. The number of hydrogen-bond donors (Lipinski definition) is 1. The van der Waals surface area contributed by atoms with Crippen molar-refractivity contribution in [1.29, 1.82) is 0 Å². The summed E-state index contributed by atoms with van der Waals surface area (Å²) in [5, 5.41) is 0. The molecule has 0 aliphatic rings. The maximum atomic E-state index is 13.1. The molecule has 3 aromatic rings. The zero-order valence-corrected chi connectivity index (χ0v) is 20.6. The van der Waals surface area contributed by atoms with E-state index >= 15 is 0 Å². The zero-order valence-electron chi connectivity index (χ0n) is 19.0. The third-order valence-corrected chi connectivity index (χ3v) is 8.21. The van der Waals surface area contributed by atoms with Crippen LogP contribution in [0.3, 0.4) is 0 Å². The van der Waals surface area contributed by atoms with Crippen LogP contribution in [0.15, 0.2) is 40.9 Å². The van der Waals surface area contributed by atoms with E-state index in [1.807, 2.05) is 53.6 Å². The van der Waals surface area contributed by atoms with Gasteiger partial charge in [0.2, 0.25) is 0 Å². The first-order valence-electron chi connectivity index (χ1n) is 10.5. The van der Waals surface area contributed by atoms with Gasteiger partial charge in [0, 0.05) is 29.4 Å². The smallest absolute Gasteiger partial charge is 0.421 e. The lowest BCUT2D eigenvalue weighted by Crippen LogP contribution is -2.30. The normalized spacial score (nSPS) is 11.7. The minimum Gasteiger partial charge on any atom is -0.449 e. The number of amides is 1. The van der Waals surface area contributed by atoms with E-state index in [9.17, 15) is 13.2 Å². The summed E-state index contributed by atoms with van der Waals surface area (Å²) in [6, 6.07) is 7.84. The first kappa shape index (κ1) is 24.0. The Balaban J connectivity index is 2.01. The van der Waals surface area contributed by atoms with E-state index in [-0.39, 0.29) is 10.8 Å². The van der Waals surface area contributed by atoms with Crippen LogP contribution in [0.1, 0.15) is 42.6 Å². The molecule has 2 aromatic heterocycles. The van der Waals surface area contributed by atoms with Crippen LogP contribution < -0.4 is 4.72 Å². The molecule has 0 radical (unpaired) electrons. The van der Waals surface area contributed by atoms with E-state index in [1.54, 1.807) is 13.1 Å². The second-order valence-corrected chi connectivity index (χ2v) is 11.0. The highest BCUT2D eigenvalue weighted by Gasteiger charge is 2.28. The average Bonchev–Trinajstić information content (AvgIpc) is 3.26. The number of aromatic nitrogens is 2. The lowest BCUT2D eigenvalue weighted by Gasteiger charge is -2.10. The minimum atomic E-state index is -4.07. The van der Waals surface area contributed by atoms with Gasteiger partial charge >= 0.3 is 6.09 Å². The number of thiophene rings is 1. The summed E-state index contributed by atoms with van der Waals surface area (Å²) in [7, 11) is -4.07. The number of imidazole rings is 1. The molecule has 0 atom stereocenters. The number of aryl methyl sites for hydroxylation is 1. The summed E-state index contributed by atoms with van der Waals surface area (Å²) in [6.07, 6.45) is 3.48. The van der Waals surface area contributed by atoms with Crippen LogP contribution in [0, 0.1) is 19.8 Å². The van der Waals surface area contributed by atoms with Crippen molar-refractivity contribution in [3.63, 3.8) is 0 Å². The third kappa shape index (κ3) is 5.39. The van der Waals surface area contributed by atoms with E-state index in [0.29, 0.717) is 18.0 Å². The molecule has 3 rings (SSSR count). The van der Waals surface area contributed by atoms with Crippen LogP contribution in [0.2, 0.25) is 0 Å². The fourth-order valence-electron chi connectivity index (χ4n) is 3.48. The second-order valence-electron chi connectivity index (χ2n) is 8.04. The Morgan fingerprint density at radius 1 is 1.22 bits per heavy atom. The molecule has 2 heterocycles. The molecule has 0 saturated heterocycles. The fourth-order valence-corrected chi connectivity index (χ4v) is 6.53. The van der Waals surface area contributed by atoms with Gasteiger partial charge in [0.25, 0.3) is 10.0 Å². The van der Waals surface area contributed by atoms with Crippen molar-refractivity contribution in [2.24, 2.45) is 5.92 Å². The van der Waals surface area contributed by atoms with Gasteiger partial charge in [-0.3, -0.25) is 0 Å². The standard InChI is InChI=1S/C23H29N3O4S2/c1-6-30-23(27)25-32(28,29)22-21(16(4)20(31-22)13-15(2)3)19-9-7-18(8-10-19)14-26-12-11-24-17(26)5/h7-12,15H,6,13-14H2,1-5H3,(H,25,27). The number of carbonyl (C=O) groups is 1. The third-order valence-electron chi connectivity index (χ3n) is 5.06. The van der Waals surface area contributed by atoms with Crippen LogP contribution in [-0.4, -0.2) is 30.7 Å². The van der Waals surface area contributed by atoms with Crippen LogP contribution in [0.5, 0.6) is 0 Å². The van der Waals surface area contributed by atoms with Crippen LogP contribution in [-0.2, 0) is 27.7 Å². The lowest BCUT2D eigenvalue weighted by atomic mass is 9.99. The molecular weight excluding hydrogens is 446 g/mol. The van der Waals surface area contributed by atoms with Crippen molar-refractivity contribution < 1.29 is 17.9 Å². The first-order valence-corrected chi connectivity index (χ1v) is 12.8. The highest BCUT2D eigenvalue weighted by molar-refractivity contribution is 7.92. The van der Waals surface area contributed by atoms with Gasteiger partial charge in [-0.1, -0.05) is 38.1 Å². The van der Waals surface area contributed by atoms with Gasteiger partial charge in [-0.05, 0) is 49.8 Å². The van der Waals surface area contributed by atoms with Crippen molar-refractivity contribution in [1.82, 2.24) is 14.3 Å². The second kappa shape index (κ2) is 9.87. The number of nitrogens with zero attached hydrogens (tertiary/aromatic N) is 2. The molecule has 172 valence electrons. The summed E-state index contributed by atoms with van der Waals surface area (Å²) < 4.78 is 35.1. The number of hydrogen-bond acceptors (Lipinski definition) is 6. The number of ether oxygens (including phenoxy) is 1. The molecule has 0 aliphatic carbocycles. The molecule has 0 bridgehead atoms. The molecule has 0 unspecified atom stereocenters. The van der Waals surface area contributed by atoms with Gasteiger partial charge in [0.05, 0.1) is 6.61 Å². The van der Waals surface area contributed by atoms with Gasteiger partial charge in [0.15, 0.2) is 0 Å². The number of benzene rings is 1. The quantitative estimate of drug-likeness (QED) is 0.500. The molecule has 7 nitrogen and oxygen atoms in total. The highest BCUT2D eigenvalue weighted by atomic mass is 32.2. The summed E-state index contributed by atoms with van der Waals surface area (Å²) >= 11 is 1.22. The van der Waals surface area contributed by atoms with E-state index in [0.717, 1.165) is 33.8 Å². The molecule has 0 aliphatic heterocycles. The maximum absolute atomic E-state index is 13.1. The largest absolute Gasteiger partial charge is 0.449 e. The van der Waals surface area contributed by atoms with Crippen molar-refractivity contribution in [2.75, 3.05) is 6.61 Å². The predicted molar refractivity (Wildman–Crippen MR) is 126 cm³/mol. The Labute approximate surface area is 193 Å². The average molecular weight is 476 g/mol. The predicted octanol–water partition coefficient (Wildman–Crippen LogP) is 4.91. The van der Waals surface area contributed by atoms with Crippen LogP contribution in [0.4, 0.5) is 4.79 Å². The summed E-state index contributed by atoms with van der Waals surface area (Å²) in [5.41, 5.74) is 3.43. The number of rotatable bonds is 8. The van der Waals surface area contributed by atoms with Gasteiger partial charge in [-0.2, -0.15) is 0 Å². The van der Waals surface area contributed by atoms with Crippen LogP contribution in [0.25, 0.3) is 11.1 Å².